The standard InChI is InChI=1S/C9H14N2O/c1-7-3-9(12,4-7)8-5-10-6-11(8)2/h5-7,12H,3-4H2,1-2H3. The van der Waals surface area contributed by atoms with Crippen molar-refractivity contribution in [1.29, 1.82) is 0 Å². The third-order valence-electron chi connectivity index (χ3n) is 2.67. The fourth-order valence-electron chi connectivity index (χ4n) is 2.11. The zero-order valence-corrected chi connectivity index (χ0v) is 7.49. The quantitative estimate of drug-likeness (QED) is 0.677. The summed E-state index contributed by atoms with van der Waals surface area (Å²) in [6, 6.07) is 0. The first kappa shape index (κ1) is 7.80. The molecule has 0 aromatic carbocycles. The largest absolute Gasteiger partial charge is 0.384 e. The van der Waals surface area contributed by atoms with Crippen LogP contribution < -0.4 is 0 Å². The summed E-state index contributed by atoms with van der Waals surface area (Å²) in [5, 5.41) is 10.1. The molecule has 66 valence electrons. The highest BCUT2D eigenvalue weighted by Gasteiger charge is 2.43. The van der Waals surface area contributed by atoms with Gasteiger partial charge in [0.1, 0.15) is 5.60 Å². The third kappa shape index (κ3) is 0.966. The molecule has 0 bridgehead atoms. The monoisotopic (exact) mass is 166 g/mol. The number of aromatic nitrogens is 2. The molecule has 1 aromatic heterocycles. The Labute approximate surface area is 72.0 Å². The molecular weight excluding hydrogens is 152 g/mol. The van der Waals surface area contributed by atoms with Gasteiger partial charge in [-0.3, -0.25) is 0 Å². The Morgan fingerprint density at radius 1 is 1.67 bits per heavy atom. The highest BCUT2D eigenvalue weighted by Crippen LogP contribution is 2.44. The molecule has 0 unspecified atom stereocenters. The Hall–Kier alpha value is -0.830. The number of rotatable bonds is 1. The average molecular weight is 166 g/mol. The van der Waals surface area contributed by atoms with Crippen molar-refractivity contribution < 1.29 is 5.11 Å². The Morgan fingerprint density at radius 3 is 2.75 bits per heavy atom. The zero-order chi connectivity index (χ0) is 8.77. The van der Waals surface area contributed by atoms with Crippen LogP contribution in [-0.4, -0.2) is 14.7 Å². The number of aliphatic hydroxyl groups is 1. The predicted octanol–water partition coefficient (Wildman–Crippen LogP) is 1.04. The van der Waals surface area contributed by atoms with Crippen molar-refractivity contribution in [2.45, 2.75) is 25.4 Å². The van der Waals surface area contributed by atoms with E-state index >= 15 is 0 Å². The summed E-state index contributed by atoms with van der Waals surface area (Å²) in [6.07, 6.45) is 5.22. The van der Waals surface area contributed by atoms with E-state index in [2.05, 4.69) is 11.9 Å². The van der Waals surface area contributed by atoms with Crippen molar-refractivity contribution in [2.75, 3.05) is 0 Å². The summed E-state index contributed by atoms with van der Waals surface area (Å²) >= 11 is 0. The first-order valence-electron chi connectivity index (χ1n) is 4.31. The molecule has 1 N–H and O–H groups in total. The van der Waals surface area contributed by atoms with Crippen molar-refractivity contribution in [2.24, 2.45) is 13.0 Å². The van der Waals surface area contributed by atoms with Crippen molar-refractivity contribution in [3.63, 3.8) is 0 Å². The van der Waals surface area contributed by atoms with Crippen LogP contribution in [0.2, 0.25) is 0 Å². The Balaban J connectivity index is 2.26. The summed E-state index contributed by atoms with van der Waals surface area (Å²) in [4.78, 5) is 4.00. The maximum atomic E-state index is 10.1. The molecule has 1 fully saturated rings. The molecular formula is C9H14N2O. The molecule has 1 aromatic rings. The van der Waals surface area contributed by atoms with Gasteiger partial charge in [0.05, 0.1) is 18.2 Å². The van der Waals surface area contributed by atoms with Gasteiger partial charge >= 0.3 is 0 Å². The SMILES string of the molecule is CC1CC(O)(c2cncn2C)C1. The van der Waals surface area contributed by atoms with Gasteiger partial charge in [0.15, 0.2) is 0 Å². The van der Waals surface area contributed by atoms with Gasteiger partial charge < -0.3 is 9.67 Å². The minimum Gasteiger partial charge on any atom is -0.384 e. The molecule has 1 aliphatic carbocycles. The van der Waals surface area contributed by atoms with Crippen LogP contribution in [0.3, 0.4) is 0 Å². The summed E-state index contributed by atoms with van der Waals surface area (Å²) in [7, 11) is 1.92. The number of aryl methyl sites for hydroxylation is 1. The van der Waals surface area contributed by atoms with E-state index in [-0.39, 0.29) is 0 Å². The predicted molar refractivity (Wildman–Crippen MR) is 45.5 cm³/mol. The van der Waals surface area contributed by atoms with Gasteiger partial charge in [-0.25, -0.2) is 4.98 Å². The number of imidazole rings is 1. The van der Waals surface area contributed by atoms with Crippen LogP contribution in [0, 0.1) is 5.92 Å². The van der Waals surface area contributed by atoms with E-state index in [9.17, 15) is 5.11 Å². The molecule has 0 amide bonds. The first-order chi connectivity index (χ1) is 5.62. The fraction of sp³-hybridized carbons (Fsp3) is 0.667. The number of hydrogen-bond acceptors (Lipinski definition) is 2. The number of hydrogen-bond donors (Lipinski definition) is 1. The molecule has 1 aliphatic rings. The van der Waals surface area contributed by atoms with Crippen LogP contribution in [-0.2, 0) is 12.6 Å². The molecule has 0 atom stereocenters. The molecule has 1 saturated carbocycles. The van der Waals surface area contributed by atoms with Gasteiger partial charge in [-0.2, -0.15) is 0 Å². The second-order valence-electron chi connectivity index (χ2n) is 3.93. The Kier molecular flexibility index (Phi) is 1.51. The minimum atomic E-state index is -0.593. The Bertz CT molecular complexity index is 286. The lowest BCUT2D eigenvalue weighted by atomic mass is 9.70. The van der Waals surface area contributed by atoms with Crippen LogP contribution in [0.4, 0.5) is 0 Å². The maximum Gasteiger partial charge on any atom is 0.107 e. The lowest BCUT2D eigenvalue weighted by Gasteiger charge is -2.41. The topological polar surface area (TPSA) is 38.1 Å². The van der Waals surface area contributed by atoms with Crippen LogP contribution in [0.5, 0.6) is 0 Å². The van der Waals surface area contributed by atoms with Crippen LogP contribution in [0.25, 0.3) is 0 Å². The highest BCUT2D eigenvalue weighted by molar-refractivity contribution is 5.14. The van der Waals surface area contributed by atoms with Gasteiger partial charge in [-0.15, -0.1) is 0 Å². The van der Waals surface area contributed by atoms with E-state index in [1.807, 2.05) is 11.6 Å². The molecule has 3 heteroatoms. The summed E-state index contributed by atoms with van der Waals surface area (Å²) in [6.45, 7) is 2.16. The minimum absolute atomic E-state index is 0.593. The van der Waals surface area contributed by atoms with Crippen LogP contribution in [0.15, 0.2) is 12.5 Å². The Morgan fingerprint density at radius 2 is 2.33 bits per heavy atom. The van der Waals surface area contributed by atoms with E-state index < -0.39 is 5.60 Å². The molecule has 1 heterocycles. The smallest absolute Gasteiger partial charge is 0.107 e. The molecule has 3 nitrogen and oxygen atoms in total. The van der Waals surface area contributed by atoms with Crippen molar-refractivity contribution in [3.05, 3.63) is 18.2 Å². The van der Waals surface area contributed by atoms with Crippen molar-refractivity contribution >= 4 is 0 Å². The first-order valence-corrected chi connectivity index (χ1v) is 4.31. The molecule has 0 aliphatic heterocycles. The normalized spacial score (nSPS) is 34.8. The molecule has 12 heavy (non-hydrogen) atoms. The van der Waals surface area contributed by atoms with Crippen molar-refractivity contribution in [3.8, 4) is 0 Å². The van der Waals surface area contributed by atoms with E-state index in [0.29, 0.717) is 5.92 Å². The summed E-state index contributed by atoms with van der Waals surface area (Å²) in [5.74, 6) is 0.643. The van der Waals surface area contributed by atoms with E-state index in [1.54, 1.807) is 12.5 Å². The van der Waals surface area contributed by atoms with Crippen LogP contribution >= 0.6 is 0 Å². The van der Waals surface area contributed by atoms with Crippen molar-refractivity contribution in [1.82, 2.24) is 9.55 Å². The van der Waals surface area contributed by atoms with Gasteiger partial charge in [0.2, 0.25) is 0 Å². The molecule has 2 rings (SSSR count). The van der Waals surface area contributed by atoms with E-state index in [0.717, 1.165) is 18.5 Å². The van der Waals surface area contributed by atoms with Gasteiger partial charge in [-0.1, -0.05) is 6.92 Å². The van der Waals surface area contributed by atoms with E-state index in [1.165, 1.54) is 0 Å². The molecule has 0 spiro atoms. The summed E-state index contributed by atoms with van der Waals surface area (Å²) < 4.78 is 1.89. The van der Waals surface area contributed by atoms with Crippen LogP contribution in [0.1, 0.15) is 25.5 Å². The highest BCUT2D eigenvalue weighted by atomic mass is 16.3. The maximum absolute atomic E-state index is 10.1. The second-order valence-corrected chi connectivity index (χ2v) is 3.93. The third-order valence-corrected chi connectivity index (χ3v) is 2.67. The van der Waals surface area contributed by atoms with Gasteiger partial charge in [0.25, 0.3) is 0 Å². The zero-order valence-electron chi connectivity index (χ0n) is 7.49. The van der Waals surface area contributed by atoms with Gasteiger partial charge in [0, 0.05) is 7.05 Å². The summed E-state index contributed by atoms with van der Waals surface area (Å²) in [5.41, 5.74) is 0.352. The van der Waals surface area contributed by atoms with Gasteiger partial charge in [-0.05, 0) is 18.8 Å². The molecule has 0 radical (unpaired) electrons. The second kappa shape index (κ2) is 2.33. The average Bonchev–Trinajstić information content (AvgIpc) is 2.32. The van der Waals surface area contributed by atoms with E-state index in [4.69, 9.17) is 0 Å². The lowest BCUT2D eigenvalue weighted by Crippen LogP contribution is -2.41. The fourth-order valence-corrected chi connectivity index (χ4v) is 2.11. The lowest BCUT2D eigenvalue weighted by molar-refractivity contribution is -0.0792. The number of nitrogens with zero attached hydrogens (tertiary/aromatic N) is 2. The molecule has 0 saturated heterocycles.